The number of alkyl halides is 3. The first-order chi connectivity index (χ1) is 18.7. The molecule has 5 aromatic rings. The molecule has 0 amide bonds. The van der Waals surface area contributed by atoms with Gasteiger partial charge in [0.2, 0.25) is 0 Å². The molecule has 186 valence electrons. The number of hydrogen-bond acceptors (Lipinski definition) is 4. The highest BCUT2D eigenvalue weighted by Crippen LogP contribution is 2.41. The van der Waals surface area contributed by atoms with E-state index in [1.807, 2.05) is 24.3 Å². The molecule has 0 spiro atoms. The fourth-order valence-corrected chi connectivity index (χ4v) is 4.82. The molecule has 0 N–H and O–H groups in total. The van der Waals surface area contributed by atoms with Crippen LogP contribution in [0.5, 0.6) is 0 Å². The Hall–Kier alpha value is -5.57. The second-order valence-electron chi connectivity index (χ2n) is 9.10. The summed E-state index contributed by atoms with van der Waals surface area (Å²) in [6, 6.07) is 25.7. The second-order valence-corrected chi connectivity index (χ2v) is 9.10. The monoisotopic (exact) mass is 515 g/mol. The number of aromatic nitrogens is 1. The van der Waals surface area contributed by atoms with Crippen molar-refractivity contribution in [1.29, 1.82) is 21.0 Å². The Morgan fingerprint density at radius 1 is 0.564 bits per heavy atom. The predicted molar refractivity (Wildman–Crippen MR) is 140 cm³/mol. The van der Waals surface area contributed by atoms with Gasteiger partial charge < -0.3 is 4.57 Å². The molecule has 0 saturated carbocycles. The number of benzene rings is 4. The van der Waals surface area contributed by atoms with Crippen LogP contribution < -0.4 is 0 Å². The van der Waals surface area contributed by atoms with Crippen LogP contribution in [0.25, 0.3) is 44.1 Å². The lowest BCUT2D eigenvalue weighted by atomic mass is 9.98. The maximum absolute atomic E-state index is 14.1. The van der Waals surface area contributed by atoms with E-state index in [1.165, 1.54) is 16.7 Å². The summed E-state index contributed by atoms with van der Waals surface area (Å²) in [5.74, 6) is 0. The van der Waals surface area contributed by atoms with Crippen molar-refractivity contribution in [3.05, 3.63) is 95.1 Å². The summed E-state index contributed by atoms with van der Waals surface area (Å²) in [7, 11) is 0. The summed E-state index contributed by atoms with van der Waals surface area (Å²) in [5, 5.41) is 38.7. The Balaban J connectivity index is 1.81. The van der Waals surface area contributed by atoms with Crippen LogP contribution in [0.1, 0.15) is 35.2 Å². The highest BCUT2D eigenvalue weighted by Gasteiger charge is 2.39. The zero-order valence-corrected chi connectivity index (χ0v) is 20.4. The van der Waals surface area contributed by atoms with E-state index in [0.717, 1.165) is 6.92 Å². The van der Waals surface area contributed by atoms with Gasteiger partial charge in [-0.05, 0) is 77.7 Å². The summed E-state index contributed by atoms with van der Waals surface area (Å²) in [4.78, 5) is 0. The van der Waals surface area contributed by atoms with E-state index in [4.69, 9.17) is 0 Å². The van der Waals surface area contributed by atoms with Crippen LogP contribution in [-0.4, -0.2) is 10.7 Å². The Bertz CT molecular complexity index is 1770. The number of fused-ring (bicyclic) bond motifs is 3. The Morgan fingerprint density at radius 3 is 1.23 bits per heavy atom. The van der Waals surface area contributed by atoms with E-state index in [2.05, 4.69) is 0 Å². The predicted octanol–water partition coefficient (Wildman–Crippen LogP) is 7.74. The summed E-state index contributed by atoms with van der Waals surface area (Å²) in [6.07, 6.45) is -4.55. The maximum atomic E-state index is 14.1. The molecule has 8 heteroatoms. The van der Waals surface area contributed by atoms with Gasteiger partial charge in [0.05, 0.1) is 57.6 Å². The minimum Gasteiger partial charge on any atom is -0.328 e. The minimum atomic E-state index is -4.55. The third-order valence-corrected chi connectivity index (χ3v) is 6.71. The molecule has 5 rings (SSSR count). The molecule has 1 heterocycles. The van der Waals surface area contributed by atoms with E-state index >= 15 is 0 Å². The number of rotatable bonds is 3. The second kappa shape index (κ2) is 9.38. The largest absolute Gasteiger partial charge is 0.408 e. The Kier molecular flexibility index (Phi) is 6.04. The van der Waals surface area contributed by atoms with Crippen molar-refractivity contribution >= 4 is 21.8 Å². The molecule has 1 atom stereocenters. The van der Waals surface area contributed by atoms with Crippen LogP contribution in [0.2, 0.25) is 0 Å². The molecule has 0 aliphatic heterocycles. The summed E-state index contributed by atoms with van der Waals surface area (Å²) >= 11 is 0. The highest BCUT2D eigenvalue weighted by atomic mass is 19.4. The van der Waals surface area contributed by atoms with Crippen LogP contribution in [-0.2, 0) is 0 Å². The van der Waals surface area contributed by atoms with Gasteiger partial charge in [0.15, 0.2) is 0 Å². The molecule has 0 fully saturated rings. The molecule has 0 radical (unpaired) electrons. The maximum Gasteiger partial charge on any atom is 0.408 e. The summed E-state index contributed by atoms with van der Waals surface area (Å²) in [6.45, 7) is 1.09. The smallest absolute Gasteiger partial charge is 0.328 e. The average Bonchev–Trinajstić information content (AvgIpc) is 3.28. The van der Waals surface area contributed by atoms with Gasteiger partial charge in [-0.3, -0.25) is 0 Å². The van der Waals surface area contributed by atoms with Gasteiger partial charge in [-0.2, -0.15) is 34.2 Å². The van der Waals surface area contributed by atoms with Crippen molar-refractivity contribution < 1.29 is 13.2 Å². The standard InChI is InChI=1S/C31H16F3N5/c1-18(31(32,33)34)39-29-12-23(25-8-19(14-35)6-20(9-25)15-36)2-4-27(29)28-5-3-24(13-30(28)39)26-10-21(16-37)7-22(11-26)17-38/h2-13,18H,1H3. The molecule has 5 nitrogen and oxygen atoms in total. The molecule has 0 saturated heterocycles. The molecule has 1 aromatic heterocycles. The van der Waals surface area contributed by atoms with Crippen molar-refractivity contribution in [3.63, 3.8) is 0 Å². The number of hydrogen-bond donors (Lipinski definition) is 0. The van der Waals surface area contributed by atoms with E-state index in [1.54, 1.807) is 60.7 Å². The quantitative estimate of drug-likeness (QED) is 0.245. The SMILES string of the molecule is CC(n1c2cc(-c3cc(C#N)cc(C#N)c3)ccc2c2ccc(-c3cc(C#N)cc(C#N)c3)cc21)C(F)(F)F. The number of nitriles is 4. The van der Waals surface area contributed by atoms with E-state index in [-0.39, 0.29) is 22.3 Å². The normalized spacial score (nSPS) is 11.9. The summed E-state index contributed by atoms with van der Waals surface area (Å²) in [5.41, 5.74) is 3.99. The third-order valence-electron chi connectivity index (χ3n) is 6.71. The number of halogens is 3. The van der Waals surface area contributed by atoms with Gasteiger partial charge in [0, 0.05) is 10.8 Å². The van der Waals surface area contributed by atoms with Gasteiger partial charge in [-0.25, -0.2) is 0 Å². The average molecular weight is 515 g/mol. The van der Waals surface area contributed by atoms with Gasteiger partial charge in [-0.1, -0.05) is 24.3 Å². The van der Waals surface area contributed by atoms with Crippen molar-refractivity contribution in [3.8, 4) is 46.5 Å². The first kappa shape index (κ1) is 25.1. The van der Waals surface area contributed by atoms with Crippen LogP contribution in [0, 0.1) is 45.3 Å². The van der Waals surface area contributed by atoms with Crippen molar-refractivity contribution in [1.82, 2.24) is 4.57 Å². The Morgan fingerprint density at radius 2 is 0.923 bits per heavy atom. The third kappa shape index (κ3) is 4.42. The molecule has 0 aliphatic carbocycles. The fourth-order valence-electron chi connectivity index (χ4n) is 4.82. The van der Waals surface area contributed by atoms with Crippen molar-refractivity contribution in [2.24, 2.45) is 0 Å². The summed E-state index contributed by atoms with van der Waals surface area (Å²) < 4.78 is 43.7. The minimum absolute atomic E-state index is 0.273. The number of nitrogens with zero attached hydrogens (tertiary/aromatic N) is 5. The van der Waals surface area contributed by atoms with Gasteiger partial charge >= 0.3 is 6.18 Å². The first-order valence-electron chi connectivity index (χ1n) is 11.7. The first-order valence-corrected chi connectivity index (χ1v) is 11.7. The zero-order valence-electron chi connectivity index (χ0n) is 20.4. The van der Waals surface area contributed by atoms with Crippen LogP contribution >= 0.6 is 0 Å². The van der Waals surface area contributed by atoms with E-state index in [9.17, 15) is 34.2 Å². The Labute approximate surface area is 221 Å². The van der Waals surface area contributed by atoms with Crippen LogP contribution in [0.4, 0.5) is 13.2 Å². The lowest BCUT2D eigenvalue weighted by molar-refractivity contribution is -0.161. The molecule has 1 unspecified atom stereocenters. The zero-order chi connectivity index (χ0) is 27.9. The topological polar surface area (TPSA) is 100 Å². The lowest BCUT2D eigenvalue weighted by Gasteiger charge is -2.20. The van der Waals surface area contributed by atoms with E-state index < -0.39 is 12.2 Å². The van der Waals surface area contributed by atoms with Crippen molar-refractivity contribution in [2.45, 2.75) is 19.1 Å². The van der Waals surface area contributed by atoms with Gasteiger partial charge in [-0.15, -0.1) is 0 Å². The van der Waals surface area contributed by atoms with Gasteiger partial charge in [0.25, 0.3) is 0 Å². The molecular formula is C31H16F3N5. The molecule has 39 heavy (non-hydrogen) atoms. The molecule has 0 bridgehead atoms. The molecule has 4 aromatic carbocycles. The molecule has 0 aliphatic rings. The van der Waals surface area contributed by atoms with Crippen molar-refractivity contribution in [2.75, 3.05) is 0 Å². The van der Waals surface area contributed by atoms with Crippen LogP contribution in [0.15, 0.2) is 72.8 Å². The molecular weight excluding hydrogens is 499 g/mol. The highest BCUT2D eigenvalue weighted by molar-refractivity contribution is 6.10. The van der Waals surface area contributed by atoms with Crippen LogP contribution in [0.3, 0.4) is 0 Å². The lowest BCUT2D eigenvalue weighted by Crippen LogP contribution is -2.23. The fraction of sp³-hybridized carbons (Fsp3) is 0.0968. The van der Waals surface area contributed by atoms with Gasteiger partial charge in [0.1, 0.15) is 6.04 Å². The van der Waals surface area contributed by atoms with E-state index in [0.29, 0.717) is 44.1 Å².